The zero-order valence-corrected chi connectivity index (χ0v) is 25.6. The predicted octanol–water partition coefficient (Wildman–Crippen LogP) is 5.73. The number of benzene rings is 1. The number of aromatic amines is 1. The largest absolute Gasteiger partial charge is 0.448 e. The van der Waals surface area contributed by atoms with Crippen molar-refractivity contribution < 1.29 is 23.1 Å². The zero-order valence-electron chi connectivity index (χ0n) is 24.8. The molecule has 1 aliphatic carbocycles. The molecule has 2 heterocycles. The van der Waals surface area contributed by atoms with Crippen molar-refractivity contribution in [3.05, 3.63) is 74.2 Å². The molecule has 0 bridgehead atoms. The lowest BCUT2D eigenvalue weighted by Crippen LogP contribution is -2.57. The van der Waals surface area contributed by atoms with E-state index >= 15 is 4.39 Å². The number of nitrogens with zero attached hydrogens (tertiary/aromatic N) is 3. The summed E-state index contributed by atoms with van der Waals surface area (Å²) in [6.07, 6.45) is 4.05. The lowest BCUT2D eigenvalue weighted by molar-refractivity contribution is -0.139. The Balaban J connectivity index is 1.58. The van der Waals surface area contributed by atoms with E-state index in [1.54, 1.807) is 31.7 Å². The van der Waals surface area contributed by atoms with Crippen LogP contribution in [0.1, 0.15) is 68.6 Å². The van der Waals surface area contributed by atoms with Crippen LogP contribution < -0.4 is 15.6 Å². The SMILES string of the molecule is Cc1cc(Oc2c(C)cc(C(=O)N[C@H](C)C(=O)N3[C@H](C4(C)C=C(Cl)C=C(F)C4)CC[C@@H]3C(C)(C)C#N)cc2F)c(=O)[nH]n1. The third kappa shape index (κ3) is 6.49. The van der Waals surface area contributed by atoms with Gasteiger partial charge in [0, 0.05) is 34.5 Å². The van der Waals surface area contributed by atoms with Gasteiger partial charge in [-0.3, -0.25) is 14.4 Å². The average molecular weight is 614 g/mol. The number of likely N-dealkylation sites (tertiary alicyclic amines) is 1. The highest BCUT2D eigenvalue weighted by Gasteiger charge is 2.52. The summed E-state index contributed by atoms with van der Waals surface area (Å²) < 4.78 is 35.2. The number of H-pyrrole nitrogens is 1. The van der Waals surface area contributed by atoms with Crippen LogP contribution in [0, 0.1) is 41.8 Å². The summed E-state index contributed by atoms with van der Waals surface area (Å²) in [4.78, 5) is 40.9. The normalized spacial score (nSPS) is 22.7. The van der Waals surface area contributed by atoms with Crippen LogP contribution in [-0.2, 0) is 4.79 Å². The average Bonchev–Trinajstić information content (AvgIpc) is 3.38. The minimum Gasteiger partial charge on any atom is -0.448 e. The predicted molar refractivity (Wildman–Crippen MR) is 157 cm³/mol. The van der Waals surface area contributed by atoms with Crippen LogP contribution >= 0.6 is 11.6 Å². The van der Waals surface area contributed by atoms with Gasteiger partial charge < -0.3 is 15.0 Å². The van der Waals surface area contributed by atoms with E-state index in [4.69, 9.17) is 16.3 Å². The van der Waals surface area contributed by atoms with E-state index in [9.17, 15) is 24.0 Å². The van der Waals surface area contributed by atoms with Crippen LogP contribution in [0.2, 0.25) is 0 Å². The maximum atomic E-state index is 15.1. The quantitative estimate of drug-likeness (QED) is 0.410. The molecule has 1 aliphatic heterocycles. The van der Waals surface area contributed by atoms with Gasteiger partial charge >= 0.3 is 5.56 Å². The number of carbonyl (C=O) groups excluding carboxylic acids is 2. The Hall–Kier alpha value is -4.04. The van der Waals surface area contributed by atoms with E-state index in [-0.39, 0.29) is 34.1 Å². The molecule has 1 unspecified atom stereocenters. The molecular formula is C31H34ClF2N5O4. The second-order valence-corrected chi connectivity index (χ2v) is 12.5. The van der Waals surface area contributed by atoms with Gasteiger partial charge in [-0.2, -0.15) is 10.4 Å². The summed E-state index contributed by atoms with van der Waals surface area (Å²) in [5, 5.41) is 18.8. The Labute approximate surface area is 253 Å². The summed E-state index contributed by atoms with van der Waals surface area (Å²) >= 11 is 6.22. The standard InChI is InChI=1S/C31H34ClF2N5O4/c1-16-9-19(11-22(34)26(16)43-23-10-17(2)37-38-28(23)41)27(40)36-18(3)29(42)39-24(30(4,5)15-35)7-8-25(39)31(6)13-20(32)12-21(33)14-31/h9-13,18,24-25H,7-8,14H2,1-6H3,(H,36,40)(H,38,41)/t18-,24-,25+,31?/m1/s1. The lowest BCUT2D eigenvalue weighted by atomic mass is 9.75. The monoisotopic (exact) mass is 613 g/mol. The molecule has 228 valence electrons. The van der Waals surface area contributed by atoms with Crippen LogP contribution in [-0.4, -0.2) is 45.0 Å². The van der Waals surface area contributed by atoms with Gasteiger partial charge in [-0.1, -0.05) is 24.6 Å². The fourth-order valence-electron chi connectivity index (χ4n) is 5.96. The maximum Gasteiger partial charge on any atom is 0.307 e. The molecule has 0 spiro atoms. The molecule has 12 heteroatoms. The number of nitriles is 1. The van der Waals surface area contributed by atoms with E-state index in [0.717, 1.165) is 6.07 Å². The number of aromatic nitrogens is 2. The molecule has 1 aromatic carbocycles. The number of rotatable bonds is 7. The minimum absolute atomic E-state index is 0.0377. The molecular weight excluding hydrogens is 580 g/mol. The van der Waals surface area contributed by atoms with E-state index in [1.807, 2.05) is 6.92 Å². The molecule has 2 amide bonds. The molecule has 1 aromatic heterocycles. The van der Waals surface area contributed by atoms with E-state index in [1.165, 1.54) is 32.1 Å². The number of allylic oxidation sites excluding steroid dienone is 3. The van der Waals surface area contributed by atoms with Crippen molar-refractivity contribution in [3.8, 4) is 17.6 Å². The van der Waals surface area contributed by atoms with Gasteiger partial charge in [0.1, 0.15) is 11.9 Å². The molecule has 0 saturated carbocycles. The Morgan fingerprint density at radius 3 is 2.60 bits per heavy atom. The minimum atomic E-state index is -1.06. The highest BCUT2D eigenvalue weighted by Crippen LogP contribution is 2.48. The number of carbonyl (C=O) groups is 2. The van der Waals surface area contributed by atoms with Crippen LogP contribution in [0.15, 0.2) is 46.0 Å². The Kier molecular flexibility index (Phi) is 8.84. The van der Waals surface area contributed by atoms with Gasteiger partial charge in [-0.05, 0) is 71.2 Å². The molecule has 1 fully saturated rings. The van der Waals surface area contributed by atoms with Crippen LogP contribution in [0.3, 0.4) is 0 Å². The van der Waals surface area contributed by atoms with Gasteiger partial charge in [0.15, 0.2) is 17.3 Å². The summed E-state index contributed by atoms with van der Waals surface area (Å²) in [5.41, 5.74) is -1.75. The Morgan fingerprint density at radius 1 is 1.28 bits per heavy atom. The van der Waals surface area contributed by atoms with Gasteiger partial charge in [-0.15, -0.1) is 0 Å². The van der Waals surface area contributed by atoms with Crippen LogP contribution in [0.4, 0.5) is 8.78 Å². The van der Waals surface area contributed by atoms with Crippen LogP contribution in [0.25, 0.3) is 0 Å². The van der Waals surface area contributed by atoms with Crippen molar-refractivity contribution in [2.24, 2.45) is 10.8 Å². The molecule has 4 atom stereocenters. The fourth-order valence-corrected chi connectivity index (χ4v) is 6.33. The molecule has 0 radical (unpaired) electrons. The number of halogens is 3. The maximum absolute atomic E-state index is 15.1. The summed E-state index contributed by atoms with van der Waals surface area (Å²) in [6.45, 7) is 9.98. The van der Waals surface area contributed by atoms with Gasteiger partial charge in [0.05, 0.1) is 23.2 Å². The molecule has 2 N–H and O–H groups in total. The van der Waals surface area contributed by atoms with Crippen molar-refractivity contribution in [1.29, 1.82) is 5.26 Å². The van der Waals surface area contributed by atoms with Crippen molar-refractivity contribution in [2.75, 3.05) is 0 Å². The van der Waals surface area contributed by atoms with Gasteiger partial charge in [-0.25, -0.2) is 13.9 Å². The first-order valence-corrected chi connectivity index (χ1v) is 14.3. The zero-order chi connectivity index (χ0) is 31.9. The molecule has 2 aliphatic rings. The molecule has 2 aromatic rings. The number of amides is 2. The number of hydrogen-bond donors (Lipinski definition) is 2. The number of hydrogen-bond acceptors (Lipinski definition) is 6. The number of aryl methyl sites for hydroxylation is 2. The number of ether oxygens (including phenoxy) is 1. The lowest BCUT2D eigenvalue weighted by Gasteiger charge is -2.44. The summed E-state index contributed by atoms with van der Waals surface area (Å²) in [6, 6.07) is 3.95. The molecule has 43 heavy (non-hydrogen) atoms. The van der Waals surface area contributed by atoms with E-state index in [0.29, 0.717) is 18.5 Å². The fraction of sp³-hybridized carbons (Fsp3) is 0.452. The van der Waals surface area contributed by atoms with E-state index in [2.05, 4.69) is 21.6 Å². The van der Waals surface area contributed by atoms with Gasteiger partial charge in [0.2, 0.25) is 5.91 Å². The van der Waals surface area contributed by atoms with Crippen molar-refractivity contribution >= 4 is 23.4 Å². The second-order valence-electron chi connectivity index (χ2n) is 12.1. The third-order valence-corrected chi connectivity index (χ3v) is 8.37. The molecule has 1 saturated heterocycles. The smallest absolute Gasteiger partial charge is 0.307 e. The molecule has 9 nitrogen and oxygen atoms in total. The third-order valence-electron chi connectivity index (χ3n) is 8.15. The van der Waals surface area contributed by atoms with Crippen molar-refractivity contribution in [2.45, 2.75) is 78.9 Å². The van der Waals surface area contributed by atoms with Crippen LogP contribution in [0.5, 0.6) is 11.5 Å². The first kappa shape index (κ1) is 31.9. The van der Waals surface area contributed by atoms with Gasteiger partial charge in [0.25, 0.3) is 5.91 Å². The topological polar surface area (TPSA) is 128 Å². The highest BCUT2D eigenvalue weighted by molar-refractivity contribution is 6.31. The summed E-state index contributed by atoms with van der Waals surface area (Å²) in [5.74, 6) is -2.82. The van der Waals surface area contributed by atoms with Crippen molar-refractivity contribution in [1.82, 2.24) is 20.4 Å². The first-order valence-electron chi connectivity index (χ1n) is 13.9. The number of nitrogens with one attached hydrogen (secondary N) is 2. The highest BCUT2D eigenvalue weighted by atomic mass is 35.5. The summed E-state index contributed by atoms with van der Waals surface area (Å²) in [7, 11) is 0. The van der Waals surface area contributed by atoms with Crippen molar-refractivity contribution in [3.63, 3.8) is 0 Å². The first-order chi connectivity index (χ1) is 20.1. The van der Waals surface area contributed by atoms with E-state index < -0.39 is 58.0 Å². The Bertz CT molecular complexity index is 1610. The second kappa shape index (κ2) is 11.9. The molecule has 4 rings (SSSR count). The Morgan fingerprint density at radius 2 is 1.98 bits per heavy atom.